The molecule has 25 heavy (non-hydrogen) atoms. The number of ether oxygens (including phenoxy) is 2. The Hall–Kier alpha value is -2.28. The lowest BCUT2D eigenvalue weighted by Gasteiger charge is -2.48. The zero-order valence-electron chi connectivity index (χ0n) is 14.3. The van der Waals surface area contributed by atoms with E-state index in [0.29, 0.717) is 18.4 Å². The van der Waals surface area contributed by atoms with Crippen molar-refractivity contribution in [3.05, 3.63) is 37.1 Å². The first-order chi connectivity index (χ1) is 12.4. The van der Waals surface area contributed by atoms with Crippen LogP contribution >= 0.6 is 0 Å². The number of anilines is 1. The van der Waals surface area contributed by atoms with E-state index >= 15 is 0 Å². The SMILES string of the molecule is c1cnc(N2CCC3(CCOC[C@@H]3COc3cnccn3)CC2)nc1. The molecule has 2 aromatic heterocycles. The van der Waals surface area contributed by atoms with Gasteiger partial charge in [0.05, 0.1) is 19.4 Å². The van der Waals surface area contributed by atoms with Gasteiger partial charge in [-0.2, -0.15) is 0 Å². The summed E-state index contributed by atoms with van der Waals surface area (Å²) in [7, 11) is 0. The van der Waals surface area contributed by atoms with E-state index < -0.39 is 0 Å². The largest absolute Gasteiger partial charge is 0.476 e. The number of nitrogens with zero attached hydrogens (tertiary/aromatic N) is 5. The smallest absolute Gasteiger partial charge is 0.232 e. The van der Waals surface area contributed by atoms with Crippen molar-refractivity contribution in [1.82, 2.24) is 19.9 Å². The Labute approximate surface area is 147 Å². The molecule has 0 N–H and O–H groups in total. The molecule has 2 aliphatic rings. The molecular formula is C18H23N5O2. The predicted molar refractivity (Wildman–Crippen MR) is 92.4 cm³/mol. The fourth-order valence-corrected chi connectivity index (χ4v) is 3.92. The third-order valence-corrected chi connectivity index (χ3v) is 5.50. The Morgan fingerprint density at radius 2 is 1.92 bits per heavy atom. The van der Waals surface area contributed by atoms with E-state index in [4.69, 9.17) is 9.47 Å². The number of hydrogen-bond donors (Lipinski definition) is 0. The first-order valence-electron chi connectivity index (χ1n) is 8.84. The number of hydrogen-bond acceptors (Lipinski definition) is 7. The van der Waals surface area contributed by atoms with Gasteiger partial charge in [0.25, 0.3) is 0 Å². The second-order valence-corrected chi connectivity index (χ2v) is 6.77. The first kappa shape index (κ1) is 16.2. The summed E-state index contributed by atoms with van der Waals surface area (Å²) in [4.78, 5) is 19.3. The van der Waals surface area contributed by atoms with Gasteiger partial charge in [-0.3, -0.25) is 4.98 Å². The lowest BCUT2D eigenvalue weighted by Crippen LogP contribution is -2.50. The highest BCUT2D eigenvalue weighted by atomic mass is 16.5. The monoisotopic (exact) mass is 341 g/mol. The molecule has 2 aromatic rings. The zero-order valence-corrected chi connectivity index (χ0v) is 14.3. The van der Waals surface area contributed by atoms with Crippen LogP contribution in [0.3, 0.4) is 0 Å². The summed E-state index contributed by atoms with van der Waals surface area (Å²) < 4.78 is 11.6. The molecule has 132 valence electrons. The van der Waals surface area contributed by atoms with Gasteiger partial charge in [-0.15, -0.1) is 0 Å². The van der Waals surface area contributed by atoms with Crippen molar-refractivity contribution in [3.8, 4) is 5.88 Å². The van der Waals surface area contributed by atoms with Gasteiger partial charge in [0.1, 0.15) is 0 Å². The van der Waals surface area contributed by atoms with Crippen LogP contribution in [0.15, 0.2) is 37.1 Å². The average Bonchev–Trinajstić information content (AvgIpc) is 2.69. The zero-order chi connectivity index (χ0) is 17.0. The van der Waals surface area contributed by atoms with Crippen molar-refractivity contribution >= 4 is 5.95 Å². The van der Waals surface area contributed by atoms with Gasteiger partial charge in [-0.05, 0) is 30.7 Å². The summed E-state index contributed by atoms with van der Waals surface area (Å²) in [5.41, 5.74) is 0.270. The standard InChI is InChI=1S/C18H23N5O2/c1-5-21-17(22-6-1)23-9-2-18(3-10-23)4-11-24-13-15(18)14-25-16-12-19-7-8-20-16/h1,5-8,12,15H,2-4,9-11,13-14H2/t15-/m1/s1. The Bertz CT molecular complexity index is 662. The van der Waals surface area contributed by atoms with Crippen LogP contribution in [-0.2, 0) is 4.74 Å². The molecule has 0 radical (unpaired) electrons. The summed E-state index contributed by atoms with van der Waals surface area (Å²) >= 11 is 0. The number of piperidine rings is 1. The van der Waals surface area contributed by atoms with Crippen molar-refractivity contribution in [1.29, 1.82) is 0 Å². The Balaban J connectivity index is 1.40. The molecule has 0 amide bonds. The maximum Gasteiger partial charge on any atom is 0.232 e. The van der Waals surface area contributed by atoms with Crippen molar-refractivity contribution in [2.45, 2.75) is 19.3 Å². The third kappa shape index (κ3) is 3.56. The fourth-order valence-electron chi connectivity index (χ4n) is 3.92. The Morgan fingerprint density at radius 3 is 2.68 bits per heavy atom. The molecular weight excluding hydrogens is 318 g/mol. The predicted octanol–water partition coefficient (Wildman–Crippen LogP) is 1.97. The Kier molecular flexibility index (Phi) is 4.74. The fraction of sp³-hybridized carbons (Fsp3) is 0.556. The molecule has 4 heterocycles. The van der Waals surface area contributed by atoms with Gasteiger partial charge in [0.2, 0.25) is 11.8 Å². The molecule has 1 spiro atoms. The molecule has 0 bridgehead atoms. The first-order valence-corrected chi connectivity index (χ1v) is 8.84. The summed E-state index contributed by atoms with van der Waals surface area (Å²) in [6.45, 7) is 4.17. The van der Waals surface area contributed by atoms with Crippen LogP contribution in [0, 0.1) is 11.3 Å². The van der Waals surface area contributed by atoms with E-state index in [0.717, 1.165) is 51.5 Å². The molecule has 7 heteroatoms. The van der Waals surface area contributed by atoms with Crippen molar-refractivity contribution in [2.75, 3.05) is 37.8 Å². The minimum absolute atomic E-state index is 0.270. The minimum atomic E-state index is 0.270. The van der Waals surface area contributed by atoms with Gasteiger partial charge < -0.3 is 14.4 Å². The van der Waals surface area contributed by atoms with Gasteiger partial charge in [0.15, 0.2) is 0 Å². The van der Waals surface area contributed by atoms with Gasteiger partial charge in [0, 0.05) is 50.4 Å². The highest BCUT2D eigenvalue weighted by Gasteiger charge is 2.44. The highest BCUT2D eigenvalue weighted by molar-refractivity contribution is 5.29. The van der Waals surface area contributed by atoms with E-state index in [2.05, 4.69) is 24.8 Å². The van der Waals surface area contributed by atoms with Crippen molar-refractivity contribution in [3.63, 3.8) is 0 Å². The molecule has 2 saturated heterocycles. The van der Waals surface area contributed by atoms with E-state index in [1.807, 2.05) is 6.07 Å². The quantitative estimate of drug-likeness (QED) is 0.842. The van der Waals surface area contributed by atoms with Crippen LogP contribution < -0.4 is 9.64 Å². The Morgan fingerprint density at radius 1 is 1.08 bits per heavy atom. The maximum atomic E-state index is 5.89. The molecule has 2 aliphatic heterocycles. The van der Waals surface area contributed by atoms with Crippen LogP contribution in [0.1, 0.15) is 19.3 Å². The van der Waals surface area contributed by atoms with Crippen LogP contribution in [-0.4, -0.2) is 52.8 Å². The van der Waals surface area contributed by atoms with E-state index in [-0.39, 0.29) is 5.41 Å². The van der Waals surface area contributed by atoms with Gasteiger partial charge in [-0.25, -0.2) is 15.0 Å². The summed E-state index contributed by atoms with van der Waals surface area (Å²) in [5, 5.41) is 0. The van der Waals surface area contributed by atoms with Crippen LogP contribution in [0.5, 0.6) is 5.88 Å². The number of aromatic nitrogens is 4. The summed E-state index contributed by atoms with van der Waals surface area (Å²) in [5.74, 6) is 1.79. The molecule has 2 fully saturated rings. The highest BCUT2D eigenvalue weighted by Crippen LogP contribution is 2.45. The van der Waals surface area contributed by atoms with Crippen molar-refractivity contribution < 1.29 is 9.47 Å². The molecule has 4 rings (SSSR count). The lowest BCUT2D eigenvalue weighted by atomic mass is 9.66. The summed E-state index contributed by atoms with van der Waals surface area (Å²) in [6.07, 6.45) is 11.9. The number of rotatable bonds is 4. The molecule has 0 aliphatic carbocycles. The van der Waals surface area contributed by atoms with Gasteiger partial charge >= 0.3 is 0 Å². The van der Waals surface area contributed by atoms with Gasteiger partial charge in [-0.1, -0.05) is 0 Å². The second-order valence-electron chi connectivity index (χ2n) is 6.77. The lowest BCUT2D eigenvalue weighted by molar-refractivity contribution is -0.0701. The maximum absolute atomic E-state index is 5.89. The minimum Gasteiger partial charge on any atom is -0.476 e. The molecule has 0 unspecified atom stereocenters. The van der Waals surface area contributed by atoms with E-state index in [1.165, 1.54) is 0 Å². The molecule has 1 atom stereocenters. The third-order valence-electron chi connectivity index (χ3n) is 5.50. The normalized spacial score (nSPS) is 22.7. The topological polar surface area (TPSA) is 73.3 Å². The van der Waals surface area contributed by atoms with Crippen LogP contribution in [0.25, 0.3) is 0 Å². The molecule has 0 aromatic carbocycles. The molecule has 0 saturated carbocycles. The molecule has 7 nitrogen and oxygen atoms in total. The van der Waals surface area contributed by atoms with E-state index in [9.17, 15) is 0 Å². The van der Waals surface area contributed by atoms with Crippen LogP contribution in [0.4, 0.5) is 5.95 Å². The summed E-state index contributed by atoms with van der Waals surface area (Å²) in [6, 6.07) is 1.85. The van der Waals surface area contributed by atoms with E-state index in [1.54, 1.807) is 31.0 Å². The van der Waals surface area contributed by atoms with Crippen molar-refractivity contribution in [2.24, 2.45) is 11.3 Å². The van der Waals surface area contributed by atoms with Crippen LogP contribution in [0.2, 0.25) is 0 Å². The second kappa shape index (κ2) is 7.31. The average molecular weight is 341 g/mol.